The SMILES string of the molecule is CCC.NC1CCC(OC(=O)c2ccc(C(=O)OC3CCC(N)CC3)cc2)CC1. The molecular formula is C23H36N2O4. The third kappa shape index (κ3) is 7.78. The van der Waals surface area contributed by atoms with Gasteiger partial charge in [0.05, 0.1) is 11.1 Å². The maximum Gasteiger partial charge on any atom is 0.338 e. The summed E-state index contributed by atoms with van der Waals surface area (Å²) in [7, 11) is 0. The summed E-state index contributed by atoms with van der Waals surface area (Å²) in [5.74, 6) is -0.710. The minimum Gasteiger partial charge on any atom is -0.459 e. The molecule has 0 aliphatic heterocycles. The lowest BCUT2D eigenvalue weighted by molar-refractivity contribution is 0.0183. The van der Waals surface area contributed by atoms with Crippen molar-refractivity contribution in [2.45, 2.75) is 95.9 Å². The quantitative estimate of drug-likeness (QED) is 0.736. The zero-order valence-corrected chi connectivity index (χ0v) is 17.8. The van der Waals surface area contributed by atoms with E-state index < -0.39 is 0 Å². The Hall–Kier alpha value is -1.92. The van der Waals surface area contributed by atoms with E-state index in [0.717, 1.165) is 51.4 Å². The summed E-state index contributed by atoms with van der Waals surface area (Å²) in [6.07, 6.45) is 7.89. The highest BCUT2D eigenvalue weighted by Crippen LogP contribution is 2.22. The van der Waals surface area contributed by atoms with Gasteiger partial charge in [0.2, 0.25) is 0 Å². The van der Waals surface area contributed by atoms with Crippen molar-refractivity contribution in [3.63, 3.8) is 0 Å². The second-order valence-electron chi connectivity index (χ2n) is 8.17. The zero-order chi connectivity index (χ0) is 21.2. The molecule has 162 valence electrons. The van der Waals surface area contributed by atoms with Gasteiger partial charge in [-0.15, -0.1) is 0 Å². The van der Waals surface area contributed by atoms with Gasteiger partial charge in [-0.25, -0.2) is 9.59 Å². The molecule has 2 fully saturated rings. The van der Waals surface area contributed by atoms with Crippen molar-refractivity contribution in [2.75, 3.05) is 0 Å². The van der Waals surface area contributed by atoms with Crippen molar-refractivity contribution in [3.05, 3.63) is 35.4 Å². The number of rotatable bonds is 4. The van der Waals surface area contributed by atoms with Crippen LogP contribution >= 0.6 is 0 Å². The third-order valence-corrected chi connectivity index (χ3v) is 5.34. The topological polar surface area (TPSA) is 105 Å². The van der Waals surface area contributed by atoms with Crippen molar-refractivity contribution in [2.24, 2.45) is 11.5 Å². The van der Waals surface area contributed by atoms with Crippen LogP contribution in [0.1, 0.15) is 92.4 Å². The molecule has 6 heteroatoms. The molecule has 0 atom stereocenters. The van der Waals surface area contributed by atoms with Crippen LogP contribution in [0.15, 0.2) is 24.3 Å². The Bertz CT molecular complexity index is 576. The predicted octanol–water partition coefficient (Wildman–Crippen LogP) is 3.96. The molecule has 2 aliphatic carbocycles. The fourth-order valence-corrected chi connectivity index (χ4v) is 3.59. The first kappa shape index (κ1) is 23.4. The number of nitrogens with two attached hydrogens (primary N) is 2. The maximum atomic E-state index is 12.2. The molecular weight excluding hydrogens is 368 g/mol. The number of hydrogen-bond donors (Lipinski definition) is 2. The Morgan fingerprint density at radius 1 is 0.724 bits per heavy atom. The van der Waals surface area contributed by atoms with Gasteiger partial charge in [0.15, 0.2) is 0 Å². The minimum atomic E-state index is -0.355. The molecule has 0 heterocycles. The average Bonchev–Trinajstić information content (AvgIpc) is 2.72. The van der Waals surface area contributed by atoms with E-state index in [0.29, 0.717) is 11.1 Å². The zero-order valence-electron chi connectivity index (χ0n) is 17.8. The lowest BCUT2D eigenvalue weighted by Gasteiger charge is -2.26. The molecule has 0 bridgehead atoms. The van der Waals surface area contributed by atoms with Gasteiger partial charge in [0, 0.05) is 12.1 Å². The van der Waals surface area contributed by atoms with Gasteiger partial charge in [-0.3, -0.25) is 0 Å². The fraction of sp³-hybridized carbons (Fsp3) is 0.652. The molecule has 0 unspecified atom stereocenters. The molecule has 0 spiro atoms. The van der Waals surface area contributed by atoms with Crippen molar-refractivity contribution in [1.82, 2.24) is 0 Å². The Morgan fingerprint density at radius 3 is 1.28 bits per heavy atom. The normalized spacial score (nSPS) is 26.6. The van der Waals surface area contributed by atoms with Gasteiger partial charge >= 0.3 is 11.9 Å². The van der Waals surface area contributed by atoms with Crippen LogP contribution in [0.4, 0.5) is 0 Å². The maximum absolute atomic E-state index is 12.2. The predicted molar refractivity (Wildman–Crippen MR) is 114 cm³/mol. The van der Waals surface area contributed by atoms with Crippen LogP contribution in [0.3, 0.4) is 0 Å². The number of esters is 2. The average molecular weight is 405 g/mol. The summed E-state index contributed by atoms with van der Waals surface area (Å²) >= 11 is 0. The first-order valence-corrected chi connectivity index (χ1v) is 11.0. The van der Waals surface area contributed by atoms with E-state index >= 15 is 0 Å². The molecule has 4 N–H and O–H groups in total. The standard InChI is InChI=1S/C20H28N2O4.C3H8/c21-15-5-9-17(10-6-15)25-19(23)13-1-2-14(4-3-13)20(24)26-18-11-7-16(22)8-12-18;1-3-2/h1-4,15-18H,5-12,21-22H2;3H2,1-2H3. The van der Waals surface area contributed by atoms with Gasteiger partial charge in [-0.05, 0) is 75.6 Å². The highest BCUT2D eigenvalue weighted by Gasteiger charge is 2.24. The summed E-state index contributed by atoms with van der Waals surface area (Å²) < 4.78 is 11.1. The molecule has 2 saturated carbocycles. The molecule has 0 saturated heterocycles. The smallest absolute Gasteiger partial charge is 0.338 e. The van der Waals surface area contributed by atoms with Crippen molar-refractivity contribution < 1.29 is 19.1 Å². The Kier molecular flexibility index (Phi) is 9.61. The van der Waals surface area contributed by atoms with Crippen LogP contribution in [0, 0.1) is 0 Å². The molecule has 2 aliphatic rings. The van der Waals surface area contributed by atoms with Crippen molar-refractivity contribution >= 4 is 11.9 Å². The summed E-state index contributed by atoms with van der Waals surface area (Å²) in [5, 5.41) is 0. The van der Waals surface area contributed by atoms with Crippen LogP contribution in [0.2, 0.25) is 0 Å². The summed E-state index contributed by atoms with van der Waals surface area (Å²) in [5.41, 5.74) is 12.6. The largest absolute Gasteiger partial charge is 0.459 e. The number of hydrogen-bond acceptors (Lipinski definition) is 6. The van der Waals surface area contributed by atoms with E-state index in [2.05, 4.69) is 13.8 Å². The van der Waals surface area contributed by atoms with E-state index in [1.54, 1.807) is 24.3 Å². The number of ether oxygens (including phenoxy) is 2. The van der Waals surface area contributed by atoms with Crippen LogP contribution in [0.5, 0.6) is 0 Å². The van der Waals surface area contributed by atoms with E-state index in [9.17, 15) is 9.59 Å². The molecule has 1 aromatic rings. The second-order valence-corrected chi connectivity index (χ2v) is 8.17. The van der Waals surface area contributed by atoms with Crippen LogP contribution in [-0.4, -0.2) is 36.2 Å². The van der Waals surface area contributed by atoms with E-state index in [-0.39, 0.29) is 36.2 Å². The molecule has 6 nitrogen and oxygen atoms in total. The molecule has 0 amide bonds. The first-order chi connectivity index (χ1) is 13.9. The minimum absolute atomic E-state index is 0.0652. The summed E-state index contributed by atoms with van der Waals surface area (Å²) in [4.78, 5) is 24.5. The lowest BCUT2D eigenvalue weighted by atomic mass is 9.93. The van der Waals surface area contributed by atoms with Gasteiger partial charge in [0.25, 0.3) is 0 Å². The van der Waals surface area contributed by atoms with Gasteiger partial charge in [-0.1, -0.05) is 20.3 Å². The summed E-state index contributed by atoms with van der Waals surface area (Å²) in [6, 6.07) is 6.90. The van der Waals surface area contributed by atoms with E-state index in [4.69, 9.17) is 20.9 Å². The molecule has 0 aromatic heterocycles. The second kappa shape index (κ2) is 11.9. The van der Waals surface area contributed by atoms with Crippen LogP contribution < -0.4 is 11.5 Å². The summed E-state index contributed by atoms with van der Waals surface area (Å²) in [6.45, 7) is 4.25. The molecule has 1 aromatic carbocycles. The highest BCUT2D eigenvalue weighted by atomic mass is 16.5. The Labute approximate surface area is 174 Å². The fourth-order valence-electron chi connectivity index (χ4n) is 3.59. The van der Waals surface area contributed by atoms with E-state index in [1.807, 2.05) is 0 Å². The number of benzene rings is 1. The van der Waals surface area contributed by atoms with E-state index in [1.165, 1.54) is 6.42 Å². The Balaban J connectivity index is 0.000000941. The monoisotopic (exact) mass is 404 g/mol. The van der Waals surface area contributed by atoms with Crippen molar-refractivity contribution in [3.8, 4) is 0 Å². The number of carbonyl (C=O) groups is 2. The van der Waals surface area contributed by atoms with Crippen LogP contribution in [-0.2, 0) is 9.47 Å². The molecule has 3 rings (SSSR count). The number of carbonyl (C=O) groups excluding carboxylic acids is 2. The lowest BCUT2D eigenvalue weighted by Crippen LogP contribution is -2.31. The third-order valence-electron chi connectivity index (χ3n) is 5.34. The van der Waals surface area contributed by atoms with Gasteiger partial charge < -0.3 is 20.9 Å². The van der Waals surface area contributed by atoms with Crippen molar-refractivity contribution in [1.29, 1.82) is 0 Å². The molecule has 0 radical (unpaired) electrons. The van der Waals surface area contributed by atoms with Gasteiger partial charge in [-0.2, -0.15) is 0 Å². The first-order valence-electron chi connectivity index (χ1n) is 11.0. The van der Waals surface area contributed by atoms with Crippen LogP contribution in [0.25, 0.3) is 0 Å². The molecule has 29 heavy (non-hydrogen) atoms. The Morgan fingerprint density at radius 2 is 1.00 bits per heavy atom. The highest BCUT2D eigenvalue weighted by molar-refractivity contribution is 5.93. The van der Waals surface area contributed by atoms with Gasteiger partial charge in [0.1, 0.15) is 12.2 Å².